The lowest BCUT2D eigenvalue weighted by Gasteiger charge is -1.86. The first kappa shape index (κ1) is 20.5. The molecule has 1 aromatic carbocycles. The third-order valence-electron chi connectivity index (χ3n) is 2.85. The maximum atomic E-state index is 2.23. The highest BCUT2D eigenvalue weighted by atomic mass is 13.8. The third-order valence-corrected chi connectivity index (χ3v) is 2.85. The summed E-state index contributed by atoms with van der Waals surface area (Å²) in [5, 5.41) is 0. The lowest BCUT2D eigenvalue weighted by molar-refractivity contribution is 0.702. The van der Waals surface area contributed by atoms with Gasteiger partial charge in [0.15, 0.2) is 0 Å². The van der Waals surface area contributed by atoms with Gasteiger partial charge in [-0.2, -0.15) is 0 Å². The van der Waals surface area contributed by atoms with Crippen LogP contribution >= 0.6 is 0 Å². The molecule has 0 heteroatoms. The largest absolute Gasteiger partial charge is 0.0654 e. The lowest BCUT2D eigenvalue weighted by Crippen LogP contribution is -1.66. The Bertz CT molecular complexity index is 209. The van der Waals surface area contributed by atoms with Crippen LogP contribution in [-0.4, -0.2) is 0 Å². The number of hydrogen-bond acceptors (Lipinski definition) is 0. The maximum absolute atomic E-state index is 2.23. The molecule has 0 fully saturated rings. The summed E-state index contributed by atoms with van der Waals surface area (Å²) in [5.41, 5.74) is 1.32. The molecular formula is C19H36. The summed E-state index contributed by atoms with van der Waals surface area (Å²) in [6.07, 6.45) is 11.1. The minimum atomic E-state index is 1.32. The Morgan fingerprint density at radius 3 is 1.05 bits per heavy atom. The zero-order valence-corrected chi connectivity index (χ0v) is 14.0. The monoisotopic (exact) mass is 264 g/mol. The molecule has 0 amide bonds. The van der Waals surface area contributed by atoms with Crippen molar-refractivity contribution in [1.29, 1.82) is 0 Å². The molecule has 0 radical (unpaired) electrons. The second-order valence-corrected chi connectivity index (χ2v) is 5.07. The van der Waals surface area contributed by atoms with E-state index in [-0.39, 0.29) is 0 Å². The van der Waals surface area contributed by atoms with Crippen LogP contribution in [0.5, 0.6) is 0 Å². The molecule has 0 aliphatic carbocycles. The second-order valence-electron chi connectivity index (χ2n) is 5.07. The van der Waals surface area contributed by atoms with Crippen molar-refractivity contribution in [3.8, 4) is 0 Å². The van der Waals surface area contributed by atoms with Gasteiger partial charge in [-0.25, -0.2) is 0 Å². The van der Waals surface area contributed by atoms with Gasteiger partial charge in [0.05, 0.1) is 0 Å². The molecule has 1 aromatic rings. The van der Waals surface area contributed by atoms with E-state index in [1.165, 1.54) is 56.9 Å². The Morgan fingerprint density at radius 1 is 0.579 bits per heavy atom. The SMILES string of the molecule is CCCCCC.CCCCCC.Cc1ccccc1. The number of benzene rings is 1. The summed E-state index contributed by atoms with van der Waals surface area (Å²) in [6.45, 7) is 11.0. The topological polar surface area (TPSA) is 0 Å². The van der Waals surface area contributed by atoms with Gasteiger partial charge in [-0.1, -0.05) is 115 Å². The van der Waals surface area contributed by atoms with Gasteiger partial charge in [0.25, 0.3) is 0 Å². The molecule has 0 unspecified atom stereocenters. The summed E-state index contributed by atoms with van der Waals surface area (Å²) in [4.78, 5) is 0. The molecule has 0 saturated carbocycles. The van der Waals surface area contributed by atoms with Gasteiger partial charge in [-0.05, 0) is 6.92 Å². The minimum absolute atomic E-state index is 1.32. The van der Waals surface area contributed by atoms with Crippen molar-refractivity contribution in [2.24, 2.45) is 0 Å². The van der Waals surface area contributed by atoms with Crippen molar-refractivity contribution < 1.29 is 0 Å². The molecule has 1 rings (SSSR count). The number of unbranched alkanes of at least 4 members (excludes halogenated alkanes) is 6. The third kappa shape index (κ3) is 22.8. The van der Waals surface area contributed by atoms with Gasteiger partial charge in [0.1, 0.15) is 0 Å². The molecule has 0 aromatic heterocycles. The van der Waals surface area contributed by atoms with Crippen molar-refractivity contribution in [2.45, 2.75) is 86.0 Å². The van der Waals surface area contributed by atoms with Crippen LogP contribution in [0.2, 0.25) is 0 Å². The molecular weight excluding hydrogens is 228 g/mol. The van der Waals surface area contributed by atoms with Crippen LogP contribution in [0.1, 0.15) is 84.6 Å². The molecule has 0 N–H and O–H groups in total. The van der Waals surface area contributed by atoms with E-state index in [4.69, 9.17) is 0 Å². The van der Waals surface area contributed by atoms with E-state index in [9.17, 15) is 0 Å². The van der Waals surface area contributed by atoms with E-state index in [2.05, 4.69) is 46.8 Å². The molecule has 0 bridgehead atoms. The van der Waals surface area contributed by atoms with Crippen molar-refractivity contribution in [3.63, 3.8) is 0 Å². The average molecular weight is 264 g/mol. The fourth-order valence-electron chi connectivity index (χ4n) is 1.53. The highest BCUT2D eigenvalue weighted by Gasteiger charge is 1.76. The van der Waals surface area contributed by atoms with Crippen molar-refractivity contribution in [1.82, 2.24) is 0 Å². The Hall–Kier alpha value is -0.780. The fraction of sp³-hybridized carbons (Fsp3) is 0.684. The smallest absolute Gasteiger partial charge is 0.0398 e. The molecule has 0 aliphatic rings. The molecule has 0 atom stereocenters. The van der Waals surface area contributed by atoms with Crippen molar-refractivity contribution in [2.75, 3.05) is 0 Å². The van der Waals surface area contributed by atoms with E-state index in [0.717, 1.165) is 0 Å². The van der Waals surface area contributed by atoms with Crippen LogP contribution < -0.4 is 0 Å². The quantitative estimate of drug-likeness (QED) is 0.478. The molecule has 19 heavy (non-hydrogen) atoms. The van der Waals surface area contributed by atoms with Gasteiger partial charge in [0.2, 0.25) is 0 Å². The normalized spacial score (nSPS) is 8.89. The Kier molecular flexibility index (Phi) is 21.1. The van der Waals surface area contributed by atoms with Gasteiger partial charge < -0.3 is 0 Å². The molecule has 0 spiro atoms. The summed E-state index contributed by atoms with van der Waals surface area (Å²) in [7, 11) is 0. The Morgan fingerprint density at radius 2 is 0.895 bits per heavy atom. The van der Waals surface area contributed by atoms with Crippen LogP contribution in [0, 0.1) is 6.92 Å². The van der Waals surface area contributed by atoms with Crippen LogP contribution in [0.25, 0.3) is 0 Å². The second kappa shape index (κ2) is 19.6. The molecule has 112 valence electrons. The standard InChI is InChI=1S/C7H8.2C6H14/c1-7-5-3-2-4-6-7;2*1-3-5-6-4-2/h2-6H,1H3;2*3-6H2,1-2H3. The first-order valence-corrected chi connectivity index (χ1v) is 8.24. The van der Waals surface area contributed by atoms with E-state index < -0.39 is 0 Å². The Balaban J connectivity index is 0. The van der Waals surface area contributed by atoms with E-state index in [1.54, 1.807) is 0 Å². The van der Waals surface area contributed by atoms with Gasteiger partial charge >= 0.3 is 0 Å². The predicted molar refractivity (Wildman–Crippen MR) is 90.8 cm³/mol. The van der Waals surface area contributed by atoms with E-state index in [0.29, 0.717) is 0 Å². The zero-order valence-electron chi connectivity index (χ0n) is 14.0. The highest BCUT2D eigenvalue weighted by Crippen LogP contribution is 1.96. The van der Waals surface area contributed by atoms with Gasteiger partial charge in [-0.15, -0.1) is 0 Å². The zero-order chi connectivity index (χ0) is 14.8. The fourth-order valence-corrected chi connectivity index (χ4v) is 1.53. The number of aryl methyl sites for hydroxylation is 1. The first-order chi connectivity index (χ1) is 9.22. The minimum Gasteiger partial charge on any atom is -0.0654 e. The first-order valence-electron chi connectivity index (χ1n) is 8.24. The van der Waals surface area contributed by atoms with Crippen LogP contribution in [0.4, 0.5) is 0 Å². The predicted octanol–water partition coefficient (Wildman–Crippen LogP) is 7.17. The molecule has 0 saturated heterocycles. The van der Waals surface area contributed by atoms with Gasteiger partial charge in [-0.3, -0.25) is 0 Å². The van der Waals surface area contributed by atoms with Crippen LogP contribution in [0.3, 0.4) is 0 Å². The summed E-state index contributed by atoms with van der Waals surface area (Å²) >= 11 is 0. The van der Waals surface area contributed by atoms with Gasteiger partial charge in [0, 0.05) is 0 Å². The summed E-state index contributed by atoms with van der Waals surface area (Å²) < 4.78 is 0. The number of hydrogen-bond donors (Lipinski definition) is 0. The van der Waals surface area contributed by atoms with Crippen LogP contribution in [0.15, 0.2) is 30.3 Å². The van der Waals surface area contributed by atoms with Crippen LogP contribution in [-0.2, 0) is 0 Å². The van der Waals surface area contributed by atoms with E-state index in [1.807, 2.05) is 18.2 Å². The highest BCUT2D eigenvalue weighted by molar-refractivity contribution is 5.11. The molecule has 0 aliphatic heterocycles. The molecule has 0 heterocycles. The van der Waals surface area contributed by atoms with E-state index >= 15 is 0 Å². The lowest BCUT2D eigenvalue weighted by atomic mass is 10.2. The van der Waals surface area contributed by atoms with Crippen molar-refractivity contribution >= 4 is 0 Å². The van der Waals surface area contributed by atoms with Crippen molar-refractivity contribution in [3.05, 3.63) is 35.9 Å². The maximum Gasteiger partial charge on any atom is -0.0398 e. The summed E-state index contributed by atoms with van der Waals surface area (Å²) in [6, 6.07) is 10.3. The summed E-state index contributed by atoms with van der Waals surface area (Å²) in [5.74, 6) is 0. The number of rotatable bonds is 6. The average Bonchev–Trinajstić information content (AvgIpc) is 2.45. The Labute approximate surface area is 122 Å². The molecule has 0 nitrogen and oxygen atoms in total.